The van der Waals surface area contributed by atoms with Gasteiger partial charge in [0, 0.05) is 29.9 Å². The van der Waals surface area contributed by atoms with Gasteiger partial charge in [-0.1, -0.05) is 41.6 Å². The van der Waals surface area contributed by atoms with Gasteiger partial charge in [-0.2, -0.15) is 4.91 Å². The molecule has 1 fully saturated rings. The van der Waals surface area contributed by atoms with Gasteiger partial charge in [0.15, 0.2) is 0 Å². The summed E-state index contributed by atoms with van der Waals surface area (Å²) in [6.07, 6.45) is 4.16. The summed E-state index contributed by atoms with van der Waals surface area (Å²) in [6.45, 7) is 2.67. The molecule has 5 rings (SSSR count). The molecule has 0 spiro atoms. The number of carbonyl (C=O) groups excluding carboxylic acids is 2. The predicted octanol–water partition coefficient (Wildman–Crippen LogP) is 6.41. The van der Waals surface area contributed by atoms with E-state index in [9.17, 15) is 14.5 Å². The molecule has 1 heterocycles. The van der Waals surface area contributed by atoms with Gasteiger partial charge in [-0.25, -0.2) is 0 Å². The zero-order chi connectivity index (χ0) is 25.8. The lowest BCUT2D eigenvalue weighted by Gasteiger charge is -2.28. The van der Waals surface area contributed by atoms with E-state index in [1.54, 1.807) is 0 Å². The molecule has 1 saturated heterocycles. The highest BCUT2D eigenvalue weighted by Gasteiger charge is 2.26. The van der Waals surface area contributed by atoms with E-state index in [0.717, 1.165) is 66.6 Å². The average molecular weight is 498 g/mol. The fourth-order valence-corrected chi connectivity index (χ4v) is 5.28. The molecule has 0 saturated carbocycles. The molecule has 37 heavy (non-hydrogen) atoms. The first kappa shape index (κ1) is 24.7. The van der Waals surface area contributed by atoms with Gasteiger partial charge in [-0.05, 0) is 86.1 Å². The van der Waals surface area contributed by atoms with Crippen molar-refractivity contribution in [2.75, 3.05) is 16.8 Å². The molecule has 190 valence electrons. The van der Waals surface area contributed by atoms with E-state index in [0.29, 0.717) is 17.9 Å². The van der Waals surface area contributed by atoms with Gasteiger partial charge in [-0.15, -0.1) is 0 Å². The van der Waals surface area contributed by atoms with Crippen LogP contribution in [0.5, 0.6) is 5.75 Å². The molecule has 3 aromatic rings. The summed E-state index contributed by atoms with van der Waals surface area (Å²) in [5, 5.41) is 6.29. The van der Waals surface area contributed by atoms with E-state index in [-0.39, 0.29) is 17.9 Å². The Kier molecular flexibility index (Phi) is 7.30. The molecular formula is C30H31N3O4. The molecule has 2 aliphatic rings. The number of amides is 2. The normalized spacial score (nSPS) is 18.0. The summed E-state index contributed by atoms with van der Waals surface area (Å²) in [5.74, 6) is 0.351. The Morgan fingerprint density at radius 3 is 2.62 bits per heavy atom. The van der Waals surface area contributed by atoms with Crippen LogP contribution in [0.2, 0.25) is 0 Å². The molecule has 0 bridgehead atoms. The molecule has 0 aromatic heterocycles. The number of hydrogen-bond donors (Lipinski definition) is 1. The Labute approximate surface area is 216 Å². The lowest BCUT2D eigenvalue weighted by molar-refractivity contribution is -0.123. The average Bonchev–Trinajstić information content (AvgIpc) is 2.92. The largest absolute Gasteiger partial charge is 0.476 e. The van der Waals surface area contributed by atoms with Gasteiger partial charge in [0.05, 0.1) is 0 Å². The summed E-state index contributed by atoms with van der Waals surface area (Å²) in [7, 11) is 0. The van der Waals surface area contributed by atoms with Crippen LogP contribution in [0.4, 0.5) is 11.4 Å². The fourth-order valence-electron chi connectivity index (χ4n) is 5.28. The van der Waals surface area contributed by atoms with E-state index >= 15 is 0 Å². The van der Waals surface area contributed by atoms with Crippen molar-refractivity contribution in [3.63, 3.8) is 0 Å². The Bertz CT molecular complexity index is 1310. The van der Waals surface area contributed by atoms with Gasteiger partial charge in [0.1, 0.15) is 11.8 Å². The number of piperidine rings is 1. The second-order valence-electron chi connectivity index (χ2n) is 9.78. The van der Waals surface area contributed by atoms with E-state index in [4.69, 9.17) is 4.74 Å². The SMILES string of the molecule is Cc1cc(NC(=O)C(Oc2ccc3c(c2)C(N=O)CCC3)c2ccccc2)ccc1N1CCCCC1=O. The first-order valence-corrected chi connectivity index (χ1v) is 12.9. The number of nitrogens with zero attached hydrogens (tertiary/aromatic N) is 2. The standard InChI is InChI=1S/C30H31N3O4/c1-20-18-23(14-16-27(20)33-17-6-5-12-28(33)34)31-30(35)29(22-8-3-2-4-9-22)37-24-15-13-21-10-7-11-26(32-36)25(21)19-24/h2-4,8-9,13-16,18-19,26,29H,5-7,10-12,17H2,1H3,(H,31,35). The maximum atomic E-state index is 13.5. The van der Waals surface area contributed by atoms with Crippen LogP contribution < -0.4 is 15.0 Å². The second kappa shape index (κ2) is 10.9. The van der Waals surface area contributed by atoms with Crippen molar-refractivity contribution >= 4 is 23.2 Å². The van der Waals surface area contributed by atoms with Crippen LogP contribution >= 0.6 is 0 Å². The Hall–Kier alpha value is -4.00. The summed E-state index contributed by atoms with van der Waals surface area (Å²) < 4.78 is 6.25. The fraction of sp³-hybridized carbons (Fsp3) is 0.333. The number of hydrogen-bond acceptors (Lipinski definition) is 5. The number of benzene rings is 3. The van der Waals surface area contributed by atoms with E-state index in [2.05, 4.69) is 10.5 Å². The summed E-state index contributed by atoms with van der Waals surface area (Å²) in [6, 6.07) is 20.2. The topological polar surface area (TPSA) is 88.1 Å². The molecular weight excluding hydrogens is 466 g/mol. The highest BCUT2D eigenvalue weighted by Crippen LogP contribution is 2.36. The Balaban J connectivity index is 1.38. The minimum absolute atomic E-state index is 0.140. The quantitative estimate of drug-likeness (QED) is 0.382. The lowest BCUT2D eigenvalue weighted by atomic mass is 9.88. The third-order valence-corrected chi connectivity index (χ3v) is 7.20. The molecule has 3 aromatic carbocycles. The highest BCUT2D eigenvalue weighted by atomic mass is 16.5. The summed E-state index contributed by atoms with van der Waals surface area (Å²) >= 11 is 0. The van der Waals surface area contributed by atoms with Crippen molar-refractivity contribution in [3.8, 4) is 5.75 Å². The van der Waals surface area contributed by atoms with Crippen molar-refractivity contribution in [2.24, 2.45) is 5.18 Å². The highest BCUT2D eigenvalue weighted by molar-refractivity contribution is 5.97. The minimum Gasteiger partial charge on any atom is -0.476 e. The van der Waals surface area contributed by atoms with Crippen LogP contribution in [0, 0.1) is 11.8 Å². The Morgan fingerprint density at radius 2 is 1.86 bits per heavy atom. The van der Waals surface area contributed by atoms with Crippen LogP contribution in [0.15, 0.2) is 71.9 Å². The zero-order valence-electron chi connectivity index (χ0n) is 21.0. The van der Waals surface area contributed by atoms with Gasteiger partial charge >= 0.3 is 0 Å². The van der Waals surface area contributed by atoms with E-state index in [1.165, 1.54) is 0 Å². The van der Waals surface area contributed by atoms with Gasteiger partial charge in [0.2, 0.25) is 12.0 Å². The number of nitrogens with one attached hydrogen (secondary N) is 1. The number of nitroso groups, excluding NO2 is 1. The van der Waals surface area contributed by atoms with Crippen LogP contribution in [-0.2, 0) is 16.0 Å². The second-order valence-corrected chi connectivity index (χ2v) is 9.78. The van der Waals surface area contributed by atoms with Crippen molar-refractivity contribution in [1.82, 2.24) is 0 Å². The van der Waals surface area contributed by atoms with Gasteiger partial charge in [-0.3, -0.25) is 9.59 Å². The molecule has 0 radical (unpaired) electrons. The molecule has 2 amide bonds. The Morgan fingerprint density at radius 1 is 1.03 bits per heavy atom. The molecule has 1 aliphatic carbocycles. The molecule has 2 unspecified atom stereocenters. The molecule has 1 aliphatic heterocycles. The maximum absolute atomic E-state index is 13.5. The van der Waals surface area contributed by atoms with Gasteiger partial charge < -0.3 is 15.0 Å². The number of aryl methyl sites for hydroxylation is 2. The van der Waals surface area contributed by atoms with Crippen LogP contribution in [-0.4, -0.2) is 18.4 Å². The van der Waals surface area contributed by atoms with Crippen molar-refractivity contribution < 1.29 is 14.3 Å². The van der Waals surface area contributed by atoms with Gasteiger partial charge in [0.25, 0.3) is 5.91 Å². The number of carbonyl (C=O) groups is 2. The number of ether oxygens (including phenoxy) is 1. The van der Waals surface area contributed by atoms with E-state index in [1.807, 2.05) is 78.6 Å². The van der Waals surface area contributed by atoms with Crippen LogP contribution in [0.3, 0.4) is 0 Å². The number of anilines is 2. The molecule has 2 atom stereocenters. The molecule has 7 heteroatoms. The lowest BCUT2D eigenvalue weighted by Crippen LogP contribution is -2.35. The predicted molar refractivity (Wildman–Crippen MR) is 144 cm³/mol. The summed E-state index contributed by atoms with van der Waals surface area (Å²) in [4.78, 5) is 39.1. The third kappa shape index (κ3) is 5.40. The number of fused-ring (bicyclic) bond motifs is 1. The smallest absolute Gasteiger partial charge is 0.270 e. The van der Waals surface area contributed by atoms with Crippen molar-refractivity contribution in [2.45, 2.75) is 57.6 Å². The van der Waals surface area contributed by atoms with Crippen molar-refractivity contribution in [3.05, 3.63) is 93.9 Å². The first-order valence-electron chi connectivity index (χ1n) is 12.9. The third-order valence-electron chi connectivity index (χ3n) is 7.20. The monoisotopic (exact) mass is 497 g/mol. The minimum atomic E-state index is -0.894. The maximum Gasteiger partial charge on any atom is 0.270 e. The molecule has 1 N–H and O–H groups in total. The first-order chi connectivity index (χ1) is 18.0. The van der Waals surface area contributed by atoms with Crippen LogP contribution in [0.25, 0.3) is 0 Å². The zero-order valence-corrected chi connectivity index (χ0v) is 21.0. The van der Waals surface area contributed by atoms with E-state index < -0.39 is 6.10 Å². The molecule has 7 nitrogen and oxygen atoms in total. The van der Waals surface area contributed by atoms with Crippen LogP contribution in [0.1, 0.15) is 66.5 Å². The van der Waals surface area contributed by atoms with Crippen molar-refractivity contribution in [1.29, 1.82) is 0 Å². The summed E-state index contributed by atoms with van der Waals surface area (Å²) in [5.41, 5.74) is 5.14. The number of rotatable bonds is 7.